The number of carbonyl (C=O) groups excluding carboxylic acids is 2. The van der Waals surface area contributed by atoms with Gasteiger partial charge in [0.25, 0.3) is 11.7 Å². The summed E-state index contributed by atoms with van der Waals surface area (Å²) in [5.41, 5.74) is 1.37. The van der Waals surface area contributed by atoms with Gasteiger partial charge in [0.2, 0.25) is 0 Å². The number of para-hydroxylation sites is 1. The second kappa shape index (κ2) is 9.69. The summed E-state index contributed by atoms with van der Waals surface area (Å²) in [5.74, 6) is -1.16. The van der Waals surface area contributed by atoms with Crippen LogP contribution in [0.2, 0.25) is 0 Å². The van der Waals surface area contributed by atoms with Crippen LogP contribution in [0, 0.1) is 11.3 Å². The Kier molecular flexibility index (Phi) is 6.80. The Balaban J connectivity index is 1.67. The highest BCUT2D eigenvalue weighted by atomic mass is 16.5. The van der Waals surface area contributed by atoms with Gasteiger partial charge < -0.3 is 25.3 Å². The molecule has 1 heterocycles. The van der Waals surface area contributed by atoms with Crippen LogP contribution >= 0.6 is 0 Å². The van der Waals surface area contributed by atoms with Gasteiger partial charge >= 0.3 is 0 Å². The first-order valence-electron chi connectivity index (χ1n) is 9.35. The van der Waals surface area contributed by atoms with Gasteiger partial charge in [0, 0.05) is 17.1 Å². The molecule has 0 aliphatic rings. The molecule has 3 rings (SSSR count). The van der Waals surface area contributed by atoms with Crippen LogP contribution in [0.3, 0.4) is 0 Å². The molecule has 3 aromatic rings. The zero-order chi connectivity index (χ0) is 21.5. The van der Waals surface area contributed by atoms with E-state index in [1.807, 2.05) is 12.1 Å². The zero-order valence-corrected chi connectivity index (χ0v) is 16.0. The number of Topliss-reactive ketones (excluding diaryl/α,β-unsaturated/α-hetero) is 1. The number of rotatable bonds is 9. The van der Waals surface area contributed by atoms with Gasteiger partial charge in [-0.05, 0) is 23.8 Å². The van der Waals surface area contributed by atoms with Gasteiger partial charge in [-0.25, -0.2) is 0 Å². The van der Waals surface area contributed by atoms with Gasteiger partial charge in [-0.15, -0.1) is 0 Å². The van der Waals surface area contributed by atoms with Gasteiger partial charge in [-0.1, -0.05) is 30.3 Å². The molecular weight excluding hydrogens is 386 g/mol. The van der Waals surface area contributed by atoms with E-state index < -0.39 is 30.4 Å². The molecule has 2 unspecified atom stereocenters. The van der Waals surface area contributed by atoms with E-state index in [9.17, 15) is 19.8 Å². The quantitative estimate of drug-likeness (QED) is 0.243. The number of nitriles is 1. The smallest absolute Gasteiger partial charge is 0.292 e. The standard InChI is InChI=1S/C22H21N3O5/c23-10-3-11-30-15-8-6-14(7-9-15)20(27)19(13-26)25-22(29)21(28)17-12-24-18-5-2-1-4-16(17)18/h1-2,4-9,12,19-20,24,26-27H,3,11,13H2,(H,25,29). The molecule has 0 radical (unpaired) electrons. The van der Waals surface area contributed by atoms with Crippen molar-refractivity contribution in [3.63, 3.8) is 0 Å². The summed E-state index contributed by atoms with van der Waals surface area (Å²) in [6.07, 6.45) is 0.484. The molecule has 0 saturated heterocycles. The SMILES string of the molecule is N#CCCOc1ccc(C(O)C(CO)NC(=O)C(=O)c2c[nH]c3ccccc23)cc1. The molecule has 154 valence electrons. The van der Waals surface area contributed by atoms with Crippen molar-refractivity contribution in [2.24, 2.45) is 0 Å². The highest BCUT2D eigenvalue weighted by Crippen LogP contribution is 2.22. The molecule has 2 atom stereocenters. The molecule has 30 heavy (non-hydrogen) atoms. The van der Waals surface area contributed by atoms with E-state index >= 15 is 0 Å². The van der Waals surface area contributed by atoms with Crippen molar-refractivity contribution in [2.75, 3.05) is 13.2 Å². The Labute approximate surface area is 172 Å². The van der Waals surface area contributed by atoms with Crippen LogP contribution in [0.1, 0.15) is 28.4 Å². The van der Waals surface area contributed by atoms with E-state index in [1.54, 1.807) is 42.5 Å². The summed E-state index contributed by atoms with van der Waals surface area (Å²) in [5, 5.41) is 31.7. The maximum Gasteiger partial charge on any atom is 0.292 e. The molecule has 1 aromatic heterocycles. The second-order valence-corrected chi connectivity index (χ2v) is 6.61. The molecule has 0 aliphatic heterocycles. The molecule has 0 fully saturated rings. The van der Waals surface area contributed by atoms with Crippen LogP contribution < -0.4 is 10.1 Å². The van der Waals surface area contributed by atoms with Crippen LogP contribution in [0.4, 0.5) is 0 Å². The summed E-state index contributed by atoms with van der Waals surface area (Å²) >= 11 is 0. The molecule has 0 bridgehead atoms. The van der Waals surface area contributed by atoms with Crippen LogP contribution in [0.15, 0.2) is 54.7 Å². The molecule has 4 N–H and O–H groups in total. The number of fused-ring (bicyclic) bond motifs is 1. The van der Waals surface area contributed by atoms with Crippen molar-refractivity contribution >= 4 is 22.6 Å². The number of H-pyrrole nitrogens is 1. The van der Waals surface area contributed by atoms with Crippen molar-refractivity contribution < 1.29 is 24.5 Å². The highest BCUT2D eigenvalue weighted by molar-refractivity contribution is 6.45. The van der Waals surface area contributed by atoms with Crippen molar-refractivity contribution in [1.82, 2.24) is 10.3 Å². The monoisotopic (exact) mass is 407 g/mol. The summed E-state index contributed by atoms with van der Waals surface area (Å²) < 4.78 is 5.37. The normalized spacial score (nSPS) is 12.7. The number of hydrogen-bond acceptors (Lipinski definition) is 6. The van der Waals surface area contributed by atoms with Gasteiger partial charge in [0.1, 0.15) is 18.5 Å². The zero-order valence-electron chi connectivity index (χ0n) is 16.0. The Morgan fingerprint density at radius 1 is 1.17 bits per heavy atom. The highest BCUT2D eigenvalue weighted by Gasteiger charge is 2.27. The molecule has 8 heteroatoms. The second-order valence-electron chi connectivity index (χ2n) is 6.61. The van der Waals surface area contributed by atoms with E-state index in [0.29, 0.717) is 16.7 Å². The number of ether oxygens (including phenoxy) is 1. The Bertz CT molecular complexity index is 1070. The van der Waals surface area contributed by atoms with Crippen molar-refractivity contribution in [3.05, 3.63) is 65.9 Å². The number of nitrogens with one attached hydrogen (secondary N) is 2. The third-order valence-corrected chi connectivity index (χ3v) is 4.64. The van der Waals surface area contributed by atoms with E-state index in [4.69, 9.17) is 10.00 Å². The maximum absolute atomic E-state index is 12.6. The topological polar surface area (TPSA) is 135 Å². The number of nitrogens with zero attached hydrogens (tertiary/aromatic N) is 1. The number of aliphatic hydroxyl groups is 2. The average Bonchev–Trinajstić information content (AvgIpc) is 3.21. The molecule has 0 aliphatic carbocycles. The molecule has 1 amide bonds. The van der Waals surface area contributed by atoms with E-state index in [1.165, 1.54) is 6.20 Å². The molecule has 0 spiro atoms. The number of hydrogen-bond donors (Lipinski definition) is 4. The summed E-state index contributed by atoms with van der Waals surface area (Å²) in [7, 11) is 0. The third-order valence-electron chi connectivity index (χ3n) is 4.64. The van der Waals surface area contributed by atoms with E-state index in [-0.39, 0.29) is 18.6 Å². The van der Waals surface area contributed by atoms with Gasteiger partial charge in [-0.3, -0.25) is 9.59 Å². The number of carbonyl (C=O) groups is 2. The summed E-state index contributed by atoms with van der Waals surface area (Å²) in [4.78, 5) is 27.9. The van der Waals surface area contributed by atoms with Gasteiger partial charge in [0.05, 0.1) is 30.7 Å². The number of aromatic amines is 1. The summed E-state index contributed by atoms with van der Waals surface area (Å²) in [6, 6.07) is 14.4. The fourth-order valence-electron chi connectivity index (χ4n) is 3.05. The van der Waals surface area contributed by atoms with E-state index in [2.05, 4.69) is 10.3 Å². The Morgan fingerprint density at radius 2 is 1.90 bits per heavy atom. The molecule has 0 saturated carbocycles. The van der Waals surface area contributed by atoms with E-state index in [0.717, 1.165) is 5.52 Å². The Hall–Kier alpha value is -3.67. The van der Waals surface area contributed by atoms with Crippen LogP contribution in [-0.2, 0) is 4.79 Å². The lowest BCUT2D eigenvalue weighted by Gasteiger charge is -2.22. The molecular formula is C22H21N3O5. The van der Waals surface area contributed by atoms with Crippen molar-refractivity contribution in [3.8, 4) is 11.8 Å². The minimum atomic E-state index is -1.23. The number of aliphatic hydroxyl groups excluding tert-OH is 2. The number of amides is 1. The lowest BCUT2D eigenvalue weighted by Crippen LogP contribution is -2.44. The van der Waals surface area contributed by atoms with Crippen molar-refractivity contribution in [2.45, 2.75) is 18.6 Å². The lowest BCUT2D eigenvalue weighted by molar-refractivity contribution is -0.119. The number of benzene rings is 2. The predicted octanol–water partition coefficient (Wildman–Crippen LogP) is 1.85. The maximum atomic E-state index is 12.6. The average molecular weight is 407 g/mol. The molecule has 8 nitrogen and oxygen atoms in total. The minimum Gasteiger partial charge on any atom is -0.493 e. The van der Waals surface area contributed by atoms with Gasteiger partial charge in [-0.2, -0.15) is 5.26 Å². The fourth-order valence-corrected chi connectivity index (χ4v) is 3.05. The van der Waals surface area contributed by atoms with Crippen LogP contribution in [-0.4, -0.2) is 46.1 Å². The number of aromatic nitrogens is 1. The Morgan fingerprint density at radius 3 is 2.60 bits per heavy atom. The first-order valence-corrected chi connectivity index (χ1v) is 9.35. The molecule has 2 aromatic carbocycles. The van der Waals surface area contributed by atoms with Crippen LogP contribution in [0.25, 0.3) is 10.9 Å². The third kappa shape index (κ3) is 4.66. The van der Waals surface area contributed by atoms with Crippen molar-refractivity contribution in [1.29, 1.82) is 5.26 Å². The predicted molar refractivity (Wildman–Crippen MR) is 109 cm³/mol. The number of ketones is 1. The minimum absolute atomic E-state index is 0.216. The summed E-state index contributed by atoms with van der Waals surface area (Å²) in [6.45, 7) is -0.307. The lowest BCUT2D eigenvalue weighted by atomic mass is 10.0. The van der Waals surface area contributed by atoms with Crippen LogP contribution in [0.5, 0.6) is 5.75 Å². The van der Waals surface area contributed by atoms with Gasteiger partial charge in [0.15, 0.2) is 0 Å². The fraction of sp³-hybridized carbons (Fsp3) is 0.227. The largest absolute Gasteiger partial charge is 0.493 e. The first-order chi connectivity index (χ1) is 14.5. The first kappa shape index (κ1) is 21.0.